The zero-order valence-corrected chi connectivity index (χ0v) is 11.2. The van der Waals surface area contributed by atoms with Crippen molar-refractivity contribution in [2.45, 2.75) is 37.9 Å². The third-order valence-corrected chi connectivity index (χ3v) is 3.55. The molecule has 0 bridgehead atoms. The van der Waals surface area contributed by atoms with Crippen LogP contribution in [0, 0.1) is 0 Å². The number of rotatable bonds is 3. The Balaban J connectivity index is 2.21. The van der Waals surface area contributed by atoms with Crippen LogP contribution in [0.2, 0.25) is 0 Å². The van der Waals surface area contributed by atoms with Crippen molar-refractivity contribution in [3.8, 4) is 0 Å². The second-order valence-corrected chi connectivity index (χ2v) is 4.96. The molecule has 0 unspecified atom stereocenters. The number of carbonyl (C=O) groups excluding carboxylic acids is 1. The van der Waals surface area contributed by atoms with E-state index in [-0.39, 0.29) is 17.3 Å². The van der Waals surface area contributed by atoms with Gasteiger partial charge in [0, 0.05) is 24.3 Å². The Labute approximate surface area is 115 Å². The molecular formula is C14H17F3N2O. The van der Waals surface area contributed by atoms with Gasteiger partial charge >= 0.3 is 6.18 Å². The average Bonchev–Trinajstić information content (AvgIpc) is 2.89. The van der Waals surface area contributed by atoms with E-state index in [1.54, 1.807) is 0 Å². The van der Waals surface area contributed by atoms with E-state index in [2.05, 4.69) is 10.6 Å². The molecule has 0 spiro atoms. The molecule has 1 aromatic rings. The molecule has 1 aliphatic rings. The van der Waals surface area contributed by atoms with Crippen LogP contribution in [0.1, 0.15) is 41.6 Å². The maximum Gasteiger partial charge on any atom is 0.418 e. The van der Waals surface area contributed by atoms with Crippen LogP contribution in [-0.2, 0) is 6.18 Å². The average molecular weight is 286 g/mol. The van der Waals surface area contributed by atoms with E-state index in [1.807, 2.05) is 0 Å². The van der Waals surface area contributed by atoms with Crippen molar-refractivity contribution >= 4 is 11.6 Å². The van der Waals surface area contributed by atoms with Gasteiger partial charge in [0.25, 0.3) is 5.91 Å². The van der Waals surface area contributed by atoms with Crippen LogP contribution in [-0.4, -0.2) is 19.0 Å². The van der Waals surface area contributed by atoms with Crippen molar-refractivity contribution in [3.63, 3.8) is 0 Å². The number of hydrogen-bond donors (Lipinski definition) is 2. The molecule has 0 aromatic heterocycles. The molecule has 0 radical (unpaired) electrons. The van der Waals surface area contributed by atoms with E-state index >= 15 is 0 Å². The molecule has 6 heteroatoms. The molecule has 1 aromatic carbocycles. The second-order valence-electron chi connectivity index (χ2n) is 4.96. The highest BCUT2D eigenvalue weighted by Gasteiger charge is 2.34. The smallest absolute Gasteiger partial charge is 0.388 e. The predicted octanol–water partition coefficient (Wildman–Crippen LogP) is 3.42. The van der Waals surface area contributed by atoms with E-state index < -0.39 is 17.6 Å². The molecule has 2 N–H and O–H groups in total. The van der Waals surface area contributed by atoms with Crippen LogP contribution >= 0.6 is 0 Å². The second kappa shape index (κ2) is 5.73. The lowest BCUT2D eigenvalue weighted by Gasteiger charge is -2.16. The van der Waals surface area contributed by atoms with Crippen molar-refractivity contribution in [2.75, 3.05) is 12.4 Å². The van der Waals surface area contributed by atoms with E-state index in [0.717, 1.165) is 31.7 Å². The summed E-state index contributed by atoms with van der Waals surface area (Å²) >= 11 is 0. The van der Waals surface area contributed by atoms with Gasteiger partial charge in [-0.05, 0) is 31.0 Å². The zero-order valence-electron chi connectivity index (χ0n) is 11.2. The Morgan fingerprint density at radius 2 is 1.90 bits per heavy atom. The fourth-order valence-corrected chi connectivity index (χ4v) is 2.48. The summed E-state index contributed by atoms with van der Waals surface area (Å²) in [6.07, 6.45) is -0.587. The van der Waals surface area contributed by atoms with E-state index in [0.29, 0.717) is 0 Å². The molecule has 0 saturated heterocycles. The van der Waals surface area contributed by atoms with Gasteiger partial charge in [0.2, 0.25) is 0 Å². The summed E-state index contributed by atoms with van der Waals surface area (Å²) in [6, 6.07) is 3.68. The number of hydrogen-bond acceptors (Lipinski definition) is 2. The zero-order chi connectivity index (χ0) is 14.8. The minimum atomic E-state index is -4.48. The molecule has 2 rings (SSSR count). The lowest BCUT2D eigenvalue weighted by Crippen LogP contribution is -2.32. The Morgan fingerprint density at radius 1 is 1.25 bits per heavy atom. The van der Waals surface area contributed by atoms with Gasteiger partial charge in [-0.15, -0.1) is 0 Å². The van der Waals surface area contributed by atoms with Crippen LogP contribution in [0.25, 0.3) is 0 Å². The molecule has 0 heterocycles. The quantitative estimate of drug-likeness (QED) is 0.894. The molecule has 110 valence electrons. The Morgan fingerprint density at radius 3 is 2.45 bits per heavy atom. The van der Waals surface area contributed by atoms with Gasteiger partial charge in [0.15, 0.2) is 0 Å². The van der Waals surface area contributed by atoms with Crippen molar-refractivity contribution in [1.29, 1.82) is 0 Å². The molecule has 3 nitrogen and oxygen atoms in total. The van der Waals surface area contributed by atoms with Gasteiger partial charge in [-0.1, -0.05) is 12.8 Å². The molecule has 1 fully saturated rings. The topological polar surface area (TPSA) is 41.1 Å². The standard InChI is InChI=1S/C14H17F3N2O/c1-18-12-7-6-9(8-11(12)14(15,16)17)13(20)19-10-4-2-3-5-10/h6-8,10,18H,2-5H2,1H3,(H,19,20). The van der Waals surface area contributed by atoms with Gasteiger partial charge in [-0.25, -0.2) is 0 Å². The summed E-state index contributed by atoms with van der Waals surface area (Å²) in [5, 5.41) is 5.27. The van der Waals surface area contributed by atoms with Crippen molar-refractivity contribution in [3.05, 3.63) is 29.3 Å². The number of nitrogens with one attached hydrogen (secondary N) is 2. The first-order chi connectivity index (χ1) is 9.41. The third kappa shape index (κ3) is 3.23. The van der Waals surface area contributed by atoms with Crippen molar-refractivity contribution < 1.29 is 18.0 Å². The molecule has 0 atom stereocenters. The van der Waals surface area contributed by atoms with Crippen molar-refractivity contribution in [2.24, 2.45) is 0 Å². The largest absolute Gasteiger partial charge is 0.418 e. The van der Waals surface area contributed by atoms with E-state index in [1.165, 1.54) is 19.2 Å². The lowest BCUT2D eigenvalue weighted by molar-refractivity contribution is -0.136. The summed E-state index contributed by atoms with van der Waals surface area (Å²) < 4.78 is 38.7. The number of halogens is 3. The Bertz CT molecular complexity index is 494. The van der Waals surface area contributed by atoms with Crippen molar-refractivity contribution in [1.82, 2.24) is 5.32 Å². The molecule has 1 aliphatic carbocycles. The maximum absolute atomic E-state index is 12.9. The highest BCUT2D eigenvalue weighted by atomic mass is 19.4. The van der Waals surface area contributed by atoms with Crippen LogP contribution in [0.4, 0.5) is 18.9 Å². The molecule has 1 amide bonds. The monoisotopic (exact) mass is 286 g/mol. The van der Waals surface area contributed by atoms with Gasteiger partial charge in [-0.2, -0.15) is 13.2 Å². The summed E-state index contributed by atoms with van der Waals surface area (Å²) in [4.78, 5) is 12.0. The minimum Gasteiger partial charge on any atom is -0.388 e. The number of anilines is 1. The summed E-state index contributed by atoms with van der Waals surface area (Å²) in [6.45, 7) is 0. The number of carbonyl (C=O) groups is 1. The first-order valence-corrected chi connectivity index (χ1v) is 6.61. The van der Waals surface area contributed by atoms with E-state index in [9.17, 15) is 18.0 Å². The SMILES string of the molecule is CNc1ccc(C(=O)NC2CCCC2)cc1C(F)(F)F. The minimum absolute atomic E-state index is 0.0325. The van der Waals surface area contributed by atoms with Crippen LogP contribution in [0.5, 0.6) is 0 Å². The lowest BCUT2D eigenvalue weighted by atomic mass is 10.1. The summed E-state index contributed by atoms with van der Waals surface area (Å²) in [5.74, 6) is -0.440. The Hall–Kier alpha value is -1.72. The van der Waals surface area contributed by atoms with Crippen LogP contribution in [0.3, 0.4) is 0 Å². The van der Waals surface area contributed by atoms with Gasteiger partial charge < -0.3 is 10.6 Å². The third-order valence-electron chi connectivity index (χ3n) is 3.55. The fourth-order valence-electron chi connectivity index (χ4n) is 2.48. The molecule has 0 aliphatic heterocycles. The van der Waals surface area contributed by atoms with Crippen LogP contribution < -0.4 is 10.6 Å². The summed E-state index contributed by atoms with van der Waals surface area (Å²) in [7, 11) is 1.42. The normalized spacial score (nSPS) is 16.2. The number of benzene rings is 1. The summed E-state index contributed by atoms with van der Waals surface area (Å²) in [5.41, 5.74) is -0.808. The number of amides is 1. The number of alkyl halides is 3. The highest BCUT2D eigenvalue weighted by molar-refractivity contribution is 5.95. The fraction of sp³-hybridized carbons (Fsp3) is 0.500. The predicted molar refractivity (Wildman–Crippen MR) is 70.7 cm³/mol. The first-order valence-electron chi connectivity index (χ1n) is 6.61. The van der Waals surface area contributed by atoms with Crippen LogP contribution in [0.15, 0.2) is 18.2 Å². The first kappa shape index (κ1) is 14.7. The highest BCUT2D eigenvalue weighted by Crippen LogP contribution is 2.35. The Kier molecular flexibility index (Phi) is 4.20. The van der Waals surface area contributed by atoms with Gasteiger partial charge in [-0.3, -0.25) is 4.79 Å². The van der Waals surface area contributed by atoms with E-state index in [4.69, 9.17) is 0 Å². The maximum atomic E-state index is 12.9. The molecular weight excluding hydrogens is 269 g/mol. The molecule has 20 heavy (non-hydrogen) atoms. The molecule has 1 saturated carbocycles. The van der Waals surface area contributed by atoms with Gasteiger partial charge in [0.1, 0.15) is 0 Å². The van der Waals surface area contributed by atoms with Gasteiger partial charge in [0.05, 0.1) is 5.56 Å².